The number of carbonyl (C=O) groups excluding carboxylic acids is 1. The van der Waals surface area contributed by atoms with E-state index >= 15 is 0 Å². The number of rotatable bonds is 6. The average molecular weight is 339 g/mol. The van der Waals surface area contributed by atoms with Crippen molar-refractivity contribution in [3.63, 3.8) is 0 Å². The van der Waals surface area contributed by atoms with Crippen molar-refractivity contribution < 1.29 is 23.1 Å². The molecule has 0 aliphatic heterocycles. The number of carboxylic acids is 1. The molecule has 1 aromatic carbocycles. The SMILES string of the molecule is CCCS(=O)(=O)c1ccccc1C(=O)N[C@@H]1CC[C@H](C(=O)O)C1. The number of nitrogens with one attached hydrogen (secondary N) is 1. The highest BCUT2D eigenvalue weighted by Gasteiger charge is 2.31. The number of benzene rings is 1. The lowest BCUT2D eigenvalue weighted by Crippen LogP contribution is -2.34. The highest BCUT2D eigenvalue weighted by Crippen LogP contribution is 2.26. The van der Waals surface area contributed by atoms with Gasteiger partial charge in [0.1, 0.15) is 0 Å². The van der Waals surface area contributed by atoms with Crippen molar-refractivity contribution >= 4 is 21.7 Å². The number of hydrogen-bond donors (Lipinski definition) is 2. The van der Waals surface area contributed by atoms with E-state index in [-0.39, 0.29) is 22.3 Å². The third-order valence-corrected chi connectivity index (χ3v) is 6.03. The predicted octanol–water partition coefficient (Wildman–Crippen LogP) is 1.85. The minimum atomic E-state index is -3.50. The largest absolute Gasteiger partial charge is 0.481 e. The maximum Gasteiger partial charge on any atom is 0.306 e. The van der Waals surface area contributed by atoms with Crippen LogP contribution in [-0.2, 0) is 14.6 Å². The molecule has 126 valence electrons. The summed E-state index contributed by atoms with van der Waals surface area (Å²) in [5.41, 5.74) is 0.125. The second-order valence-corrected chi connectivity index (χ2v) is 7.91. The molecule has 6 nitrogen and oxygen atoms in total. The summed E-state index contributed by atoms with van der Waals surface area (Å²) in [6.07, 6.45) is 1.97. The molecule has 0 saturated heterocycles. The van der Waals surface area contributed by atoms with Crippen LogP contribution in [0.4, 0.5) is 0 Å². The summed E-state index contributed by atoms with van der Waals surface area (Å²) in [6, 6.07) is 5.91. The summed E-state index contributed by atoms with van der Waals surface area (Å²) < 4.78 is 24.6. The van der Waals surface area contributed by atoms with Crippen LogP contribution in [0.25, 0.3) is 0 Å². The molecule has 2 N–H and O–H groups in total. The molecule has 1 aliphatic carbocycles. The van der Waals surface area contributed by atoms with E-state index in [4.69, 9.17) is 5.11 Å². The third kappa shape index (κ3) is 4.10. The van der Waals surface area contributed by atoms with Crippen LogP contribution in [0.15, 0.2) is 29.2 Å². The van der Waals surface area contributed by atoms with Crippen molar-refractivity contribution in [2.24, 2.45) is 5.92 Å². The quantitative estimate of drug-likeness (QED) is 0.824. The number of hydrogen-bond acceptors (Lipinski definition) is 4. The van der Waals surface area contributed by atoms with Crippen LogP contribution in [0.3, 0.4) is 0 Å². The normalized spacial score (nSPS) is 21.1. The summed E-state index contributed by atoms with van der Waals surface area (Å²) in [7, 11) is -3.50. The minimum Gasteiger partial charge on any atom is -0.481 e. The van der Waals surface area contributed by atoms with E-state index in [9.17, 15) is 18.0 Å². The molecule has 2 rings (SSSR count). The molecule has 0 spiro atoms. The monoisotopic (exact) mass is 339 g/mol. The van der Waals surface area contributed by atoms with E-state index in [1.807, 2.05) is 0 Å². The number of aliphatic carboxylic acids is 1. The Balaban J connectivity index is 2.16. The predicted molar refractivity (Wildman–Crippen MR) is 85.0 cm³/mol. The van der Waals surface area contributed by atoms with Crippen LogP contribution >= 0.6 is 0 Å². The van der Waals surface area contributed by atoms with Gasteiger partial charge >= 0.3 is 5.97 Å². The van der Waals surface area contributed by atoms with Gasteiger partial charge in [0.2, 0.25) is 0 Å². The summed E-state index contributed by atoms with van der Waals surface area (Å²) in [5, 5.41) is 11.8. The fraction of sp³-hybridized carbons (Fsp3) is 0.500. The van der Waals surface area contributed by atoms with E-state index in [1.165, 1.54) is 12.1 Å². The van der Waals surface area contributed by atoms with Crippen molar-refractivity contribution in [1.82, 2.24) is 5.32 Å². The molecule has 0 unspecified atom stereocenters. The van der Waals surface area contributed by atoms with Crippen molar-refractivity contribution in [1.29, 1.82) is 0 Å². The number of carboxylic acid groups (broad SMARTS) is 1. The van der Waals surface area contributed by atoms with Crippen LogP contribution in [-0.4, -0.2) is 37.2 Å². The van der Waals surface area contributed by atoms with Gasteiger partial charge in [-0.15, -0.1) is 0 Å². The zero-order chi connectivity index (χ0) is 17.0. The van der Waals surface area contributed by atoms with Crippen LogP contribution in [0.5, 0.6) is 0 Å². The fourth-order valence-electron chi connectivity index (χ4n) is 2.90. The van der Waals surface area contributed by atoms with E-state index < -0.39 is 27.6 Å². The molecule has 1 aromatic rings. The van der Waals surface area contributed by atoms with E-state index in [0.29, 0.717) is 25.7 Å². The van der Waals surface area contributed by atoms with Crippen molar-refractivity contribution in [2.75, 3.05) is 5.75 Å². The lowest BCUT2D eigenvalue weighted by molar-refractivity contribution is -0.141. The van der Waals surface area contributed by atoms with Gasteiger partial charge in [0.25, 0.3) is 5.91 Å². The molecular weight excluding hydrogens is 318 g/mol. The molecule has 23 heavy (non-hydrogen) atoms. The molecular formula is C16H21NO5S. The maximum atomic E-state index is 12.4. The Morgan fingerprint density at radius 1 is 1.26 bits per heavy atom. The Morgan fingerprint density at radius 3 is 2.57 bits per heavy atom. The summed E-state index contributed by atoms with van der Waals surface area (Å²) >= 11 is 0. The molecule has 2 atom stereocenters. The molecule has 7 heteroatoms. The maximum absolute atomic E-state index is 12.4. The van der Waals surface area contributed by atoms with Gasteiger partial charge in [0.15, 0.2) is 9.84 Å². The smallest absolute Gasteiger partial charge is 0.306 e. The first kappa shape index (κ1) is 17.5. The van der Waals surface area contributed by atoms with Crippen LogP contribution in [0.2, 0.25) is 0 Å². The molecule has 1 saturated carbocycles. The highest BCUT2D eigenvalue weighted by atomic mass is 32.2. The van der Waals surface area contributed by atoms with Crippen molar-refractivity contribution in [2.45, 2.75) is 43.5 Å². The minimum absolute atomic E-state index is 0.0121. The molecule has 1 fully saturated rings. The summed E-state index contributed by atoms with van der Waals surface area (Å²) in [5.74, 6) is -1.77. The Kier molecular flexibility index (Phi) is 5.41. The summed E-state index contributed by atoms with van der Waals surface area (Å²) in [6.45, 7) is 1.77. The van der Waals surface area contributed by atoms with Gasteiger partial charge in [0.05, 0.1) is 22.1 Å². The Hall–Kier alpha value is -1.89. The summed E-state index contributed by atoms with van der Waals surface area (Å²) in [4.78, 5) is 23.4. The zero-order valence-electron chi connectivity index (χ0n) is 13.0. The van der Waals surface area contributed by atoms with Gasteiger partial charge in [-0.05, 0) is 37.8 Å². The first-order valence-corrected chi connectivity index (χ1v) is 9.36. The lowest BCUT2D eigenvalue weighted by atomic mass is 10.1. The Labute approximate surface area is 135 Å². The zero-order valence-corrected chi connectivity index (χ0v) is 13.8. The number of amides is 1. The first-order chi connectivity index (χ1) is 10.8. The average Bonchev–Trinajstić information content (AvgIpc) is 2.96. The van der Waals surface area contributed by atoms with Crippen molar-refractivity contribution in [3.8, 4) is 0 Å². The number of carbonyl (C=O) groups is 2. The third-order valence-electron chi connectivity index (χ3n) is 4.06. The second-order valence-electron chi connectivity index (χ2n) is 5.83. The lowest BCUT2D eigenvalue weighted by Gasteiger charge is -2.15. The van der Waals surface area contributed by atoms with Gasteiger partial charge in [-0.25, -0.2) is 8.42 Å². The molecule has 0 heterocycles. The van der Waals surface area contributed by atoms with Gasteiger partial charge in [0, 0.05) is 6.04 Å². The molecule has 0 radical (unpaired) electrons. The van der Waals surface area contributed by atoms with Crippen molar-refractivity contribution in [3.05, 3.63) is 29.8 Å². The second kappa shape index (κ2) is 7.12. The highest BCUT2D eigenvalue weighted by molar-refractivity contribution is 7.91. The first-order valence-electron chi connectivity index (χ1n) is 7.70. The van der Waals surface area contributed by atoms with Crippen LogP contribution in [0, 0.1) is 5.92 Å². The van der Waals surface area contributed by atoms with E-state index in [2.05, 4.69) is 5.32 Å². The van der Waals surface area contributed by atoms with Gasteiger partial charge in [-0.2, -0.15) is 0 Å². The van der Waals surface area contributed by atoms with Gasteiger partial charge in [-0.1, -0.05) is 19.1 Å². The topological polar surface area (TPSA) is 101 Å². The molecule has 1 aliphatic rings. The number of sulfone groups is 1. The van der Waals surface area contributed by atoms with Crippen LogP contribution < -0.4 is 5.32 Å². The van der Waals surface area contributed by atoms with Gasteiger partial charge in [-0.3, -0.25) is 9.59 Å². The Morgan fingerprint density at radius 2 is 1.96 bits per heavy atom. The van der Waals surface area contributed by atoms with Gasteiger partial charge < -0.3 is 10.4 Å². The Bertz CT molecular complexity index is 698. The standard InChI is InChI=1S/C16H21NO5S/c1-2-9-23(21,22)14-6-4-3-5-13(14)15(18)17-12-8-7-11(10-12)16(19)20/h3-6,11-12H,2,7-10H2,1H3,(H,17,18)(H,19,20)/t11-,12+/m0/s1. The molecule has 0 aromatic heterocycles. The van der Waals surface area contributed by atoms with Crippen LogP contribution in [0.1, 0.15) is 43.0 Å². The molecule has 0 bridgehead atoms. The fourth-order valence-corrected chi connectivity index (χ4v) is 4.44. The van der Waals surface area contributed by atoms with E-state index in [1.54, 1.807) is 19.1 Å². The molecule has 1 amide bonds. The van der Waals surface area contributed by atoms with E-state index in [0.717, 1.165) is 0 Å².